The molecule has 2 aliphatic rings. The number of furan rings is 1. The molecule has 1 atom stereocenters. The Bertz CT molecular complexity index is 749. The van der Waals surface area contributed by atoms with Gasteiger partial charge in [-0.15, -0.1) is 0 Å². The second-order valence-corrected chi connectivity index (χ2v) is 6.77. The molecule has 0 radical (unpaired) electrons. The molecule has 1 spiro atoms. The van der Waals surface area contributed by atoms with Crippen molar-refractivity contribution in [1.29, 1.82) is 0 Å². The number of ether oxygens (including phenoxy) is 2. The lowest BCUT2D eigenvalue weighted by atomic mass is 10.0. The summed E-state index contributed by atoms with van der Waals surface area (Å²) in [6.45, 7) is 3.39. The number of carbonyl (C=O) groups excluding carboxylic acids is 1. The highest BCUT2D eigenvalue weighted by atomic mass is 19.1. The van der Waals surface area contributed by atoms with Gasteiger partial charge in [-0.05, 0) is 36.4 Å². The highest BCUT2D eigenvalue weighted by Crippen LogP contribution is 2.28. The summed E-state index contributed by atoms with van der Waals surface area (Å²) in [6, 6.07) is 9.75. The van der Waals surface area contributed by atoms with E-state index in [9.17, 15) is 9.18 Å². The van der Waals surface area contributed by atoms with E-state index in [1.54, 1.807) is 23.3 Å². The van der Waals surface area contributed by atoms with Crippen LogP contribution in [0.15, 0.2) is 47.1 Å². The fourth-order valence-electron chi connectivity index (χ4n) is 3.50. The first-order chi connectivity index (χ1) is 12.6. The van der Waals surface area contributed by atoms with Gasteiger partial charge in [0.1, 0.15) is 23.8 Å². The van der Waals surface area contributed by atoms with Crippen molar-refractivity contribution in [2.45, 2.75) is 12.1 Å². The molecule has 0 N–H and O–H groups in total. The Morgan fingerprint density at radius 1 is 1.15 bits per heavy atom. The zero-order chi connectivity index (χ0) is 18.0. The molecule has 0 saturated carbocycles. The van der Waals surface area contributed by atoms with Crippen LogP contribution in [0.2, 0.25) is 0 Å². The zero-order valence-electron chi connectivity index (χ0n) is 14.4. The third-order valence-electron chi connectivity index (χ3n) is 4.78. The van der Waals surface area contributed by atoms with E-state index >= 15 is 0 Å². The molecule has 0 unspecified atom stereocenters. The van der Waals surface area contributed by atoms with E-state index in [2.05, 4.69) is 4.90 Å². The van der Waals surface area contributed by atoms with Crippen LogP contribution in [0.3, 0.4) is 0 Å². The van der Waals surface area contributed by atoms with Crippen LogP contribution in [0.25, 0.3) is 0 Å². The number of nitrogens with zero attached hydrogens (tertiary/aromatic N) is 2. The smallest absolute Gasteiger partial charge is 0.253 e. The van der Waals surface area contributed by atoms with Crippen LogP contribution in [0, 0.1) is 5.82 Å². The maximum Gasteiger partial charge on any atom is 0.253 e. The number of carbonyl (C=O) groups is 1. The van der Waals surface area contributed by atoms with Gasteiger partial charge in [0, 0.05) is 18.8 Å². The highest BCUT2D eigenvalue weighted by Gasteiger charge is 2.43. The third kappa shape index (κ3) is 3.65. The molecule has 6 nitrogen and oxygen atoms in total. The van der Waals surface area contributed by atoms with Crippen molar-refractivity contribution < 1.29 is 23.1 Å². The van der Waals surface area contributed by atoms with Gasteiger partial charge in [0.15, 0.2) is 0 Å². The van der Waals surface area contributed by atoms with E-state index in [0.717, 1.165) is 12.3 Å². The lowest BCUT2D eigenvalue weighted by Crippen LogP contribution is -2.60. The Morgan fingerprint density at radius 3 is 2.77 bits per heavy atom. The number of amides is 1. The molecule has 1 aromatic heterocycles. The molecule has 1 amide bonds. The Labute approximate surface area is 151 Å². The molecule has 2 saturated heterocycles. The molecular weight excluding hydrogens is 339 g/mol. The molecule has 2 aliphatic heterocycles. The van der Waals surface area contributed by atoms with E-state index in [0.29, 0.717) is 38.5 Å². The van der Waals surface area contributed by atoms with Gasteiger partial charge in [0.2, 0.25) is 0 Å². The third-order valence-corrected chi connectivity index (χ3v) is 4.78. The first-order valence-corrected chi connectivity index (χ1v) is 8.66. The van der Waals surface area contributed by atoms with Crippen LogP contribution >= 0.6 is 0 Å². The summed E-state index contributed by atoms with van der Waals surface area (Å²) in [5.41, 5.74) is 0.0479. The Morgan fingerprint density at radius 2 is 2.00 bits per heavy atom. The number of morpholine rings is 1. The van der Waals surface area contributed by atoms with E-state index in [1.807, 2.05) is 12.1 Å². The van der Waals surface area contributed by atoms with E-state index in [1.165, 1.54) is 12.1 Å². The monoisotopic (exact) mass is 360 g/mol. The number of halogens is 1. The van der Waals surface area contributed by atoms with Crippen LogP contribution < -0.4 is 4.90 Å². The molecule has 0 bridgehead atoms. The summed E-state index contributed by atoms with van der Waals surface area (Å²) in [5.74, 6) is 0.417. The fraction of sp³-hybridized carbons (Fsp3) is 0.421. The Balaban J connectivity index is 1.53. The molecule has 2 aromatic rings. The van der Waals surface area contributed by atoms with Gasteiger partial charge in [-0.2, -0.15) is 0 Å². The van der Waals surface area contributed by atoms with Crippen molar-refractivity contribution in [3.63, 3.8) is 0 Å². The van der Waals surface area contributed by atoms with Crippen molar-refractivity contribution in [3.05, 3.63) is 54.2 Å². The highest BCUT2D eigenvalue weighted by molar-refractivity contribution is 5.95. The number of benzene rings is 1. The molecule has 4 rings (SSSR count). The van der Waals surface area contributed by atoms with Crippen LogP contribution in [-0.2, 0) is 20.8 Å². The summed E-state index contributed by atoms with van der Waals surface area (Å²) < 4.78 is 30.4. The first kappa shape index (κ1) is 17.2. The van der Waals surface area contributed by atoms with Gasteiger partial charge in [-0.3, -0.25) is 9.69 Å². The fourth-order valence-corrected chi connectivity index (χ4v) is 3.50. The summed E-state index contributed by atoms with van der Waals surface area (Å²) in [4.78, 5) is 16.2. The quantitative estimate of drug-likeness (QED) is 0.839. The maximum absolute atomic E-state index is 13.2. The largest absolute Gasteiger partial charge is 0.468 e. The molecule has 26 heavy (non-hydrogen) atoms. The molecule has 2 fully saturated rings. The average Bonchev–Trinajstić information content (AvgIpc) is 3.07. The number of rotatable bonds is 3. The summed E-state index contributed by atoms with van der Waals surface area (Å²) in [7, 11) is 0. The molecule has 0 aliphatic carbocycles. The molecule has 3 heterocycles. The normalized spacial score (nSPS) is 24.8. The van der Waals surface area contributed by atoms with Crippen LogP contribution in [0.5, 0.6) is 0 Å². The van der Waals surface area contributed by atoms with Gasteiger partial charge in [-0.25, -0.2) is 4.39 Å². The van der Waals surface area contributed by atoms with E-state index in [4.69, 9.17) is 13.9 Å². The minimum atomic E-state index is -0.620. The Kier molecular flexibility index (Phi) is 4.76. The number of hydrogen-bond acceptors (Lipinski definition) is 5. The lowest BCUT2D eigenvalue weighted by Gasteiger charge is -2.43. The minimum absolute atomic E-state index is 0.0185. The standard InChI is InChI=1S/C19H21FN2O4/c20-15-3-5-16(6-4-15)22-13-19(26-11-18(22)23)12-21(7-9-24-14-19)10-17-2-1-8-25-17/h1-6,8H,7,9-14H2/t19-/m0/s1. The summed E-state index contributed by atoms with van der Waals surface area (Å²) >= 11 is 0. The number of hydrogen-bond donors (Lipinski definition) is 0. The van der Waals surface area contributed by atoms with Crippen LogP contribution in [-0.4, -0.2) is 55.9 Å². The lowest BCUT2D eigenvalue weighted by molar-refractivity contribution is -0.146. The van der Waals surface area contributed by atoms with Gasteiger partial charge in [0.05, 0.1) is 32.6 Å². The number of anilines is 1. The van der Waals surface area contributed by atoms with E-state index in [-0.39, 0.29) is 18.3 Å². The second kappa shape index (κ2) is 7.19. The van der Waals surface area contributed by atoms with Gasteiger partial charge in [-0.1, -0.05) is 0 Å². The molecule has 1 aromatic carbocycles. The van der Waals surface area contributed by atoms with Crippen LogP contribution in [0.1, 0.15) is 5.76 Å². The van der Waals surface area contributed by atoms with Crippen molar-refractivity contribution in [2.24, 2.45) is 0 Å². The van der Waals surface area contributed by atoms with Gasteiger partial charge in [0.25, 0.3) is 5.91 Å². The predicted octanol–water partition coefficient (Wildman–Crippen LogP) is 2.05. The van der Waals surface area contributed by atoms with Gasteiger partial charge < -0.3 is 18.8 Å². The minimum Gasteiger partial charge on any atom is -0.468 e. The first-order valence-electron chi connectivity index (χ1n) is 8.66. The summed E-state index contributed by atoms with van der Waals surface area (Å²) in [6.07, 6.45) is 1.66. The van der Waals surface area contributed by atoms with Crippen molar-refractivity contribution in [1.82, 2.24) is 4.90 Å². The Hall–Kier alpha value is -2.22. The van der Waals surface area contributed by atoms with E-state index < -0.39 is 5.60 Å². The van der Waals surface area contributed by atoms with Crippen molar-refractivity contribution in [2.75, 3.05) is 44.4 Å². The topological polar surface area (TPSA) is 55.2 Å². The van der Waals surface area contributed by atoms with Crippen LogP contribution in [0.4, 0.5) is 10.1 Å². The SMILES string of the molecule is O=C1CO[C@]2(COCCN(Cc3ccco3)C2)CN1c1ccc(F)cc1. The zero-order valence-corrected chi connectivity index (χ0v) is 14.4. The molecule has 138 valence electrons. The average molecular weight is 360 g/mol. The van der Waals surface area contributed by atoms with Crippen molar-refractivity contribution in [3.8, 4) is 0 Å². The second-order valence-electron chi connectivity index (χ2n) is 6.77. The van der Waals surface area contributed by atoms with Gasteiger partial charge >= 0.3 is 0 Å². The maximum atomic E-state index is 13.2. The molecule has 7 heteroatoms. The molecular formula is C19H21FN2O4. The predicted molar refractivity (Wildman–Crippen MR) is 92.2 cm³/mol. The summed E-state index contributed by atoms with van der Waals surface area (Å²) in [5, 5.41) is 0. The van der Waals surface area contributed by atoms with Crippen molar-refractivity contribution >= 4 is 11.6 Å².